The molecule has 1 aliphatic heterocycles. The predicted molar refractivity (Wildman–Crippen MR) is 111 cm³/mol. The molecule has 0 aliphatic carbocycles. The Hall–Kier alpha value is -3.01. The summed E-state index contributed by atoms with van der Waals surface area (Å²) in [6.07, 6.45) is 0. The number of anilines is 1. The number of benzene rings is 2. The van der Waals surface area contributed by atoms with Gasteiger partial charge in [0.15, 0.2) is 6.61 Å². The van der Waals surface area contributed by atoms with E-state index in [2.05, 4.69) is 15.5 Å². The van der Waals surface area contributed by atoms with E-state index in [0.29, 0.717) is 26.9 Å². The van der Waals surface area contributed by atoms with E-state index < -0.39 is 5.91 Å². The molecule has 2 aromatic carbocycles. The third kappa shape index (κ3) is 4.13. The van der Waals surface area contributed by atoms with Crippen molar-refractivity contribution in [1.29, 1.82) is 0 Å². The zero-order chi connectivity index (χ0) is 21.3. The third-order valence-electron chi connectivity index (χ3n) is 4.14. The molecule has 0 spiro atoms. The molecule has 1 aliphatic rings. The van der Waals surface area contributed by atoms with Gasteiger partial charge in [0, 0.05) is 5.02 Å². The molecule has 0 radical (unpaired) electrons. The van der Waals surface area contributed by atoms with Crippen LogP contribution in [0.5, 0.6) is 5.75 Å². The Morgan fingerprint density at radius 1 is 1.07 bits per heavy atom. The number of nitrogens with one attached hydrogen (secondary N) is 1. The first-order valence-corrected chi connectivity index (χ1v) is 10.1. The Labute approximate surface area is 184 Å². The van der Waals surface area contributed by atoms with Crippen LogP contribution in [0.1, 0.15) is 25.7 Å². The Morgan fingerprint density at radius 2 is 1.77 bits per heavy atom. The van der Waals surface area contributed by atoms with E-state index in [1.54, 1.807) is 36.4 Å². The largest absolute Gasteiger partial charge is 0.482 e. The zero-order valence-corrected chi connectivity index (χ0v) is 17.4. The van der Waals surface area contributed by atoms with E-state index in [1.165, 1.54) is 6.07 Å². The van der Waals surface area contributed by atoms with Gasteiger partial charge in [0.1, 0.15) is 10.8 Å². The van der Waals surface area contributed by atoms with Gasteiger partial charge >= 0.3 is 0 Å². The highest BCUT2D eigenvalue weighted by atomic mass is 35.5. The Bertz CT molecular complexity index is 1130. The summed E-state index contributed by atoms with van der Waals surface area (Å²) < 4.78 is 5.36. The molecule has 1 N–H and O–H groups in total. The maximum atomic E-state index is 12.4. The van der Waals surface area contributed by atoms with Crippen LogP contribution in [0.25, 0.3) is 0 Å². The van der Waals surface area contributed by atoms with Crippen LogP contribution in [0.3, 0.4) is 0 Å². The molecule has 0 fully saturated rings. The van der Waals surface area contributed by atoms with E-state index in [0.717, 1.165) is 16.2 Å². The molecular formula is C19H12Cl2N4O4S. The van der Waals surface area contributed by atoms with Crippen molar-refractivity contribution in [3.8, 4) is 5.75 Å². The Kier molecular flexibility index (Phi) is 5.67. The number of rotatable bonds is 6. The van der Waals surface area contributed by atoms with Gasteiger partial charge in [0.05, 0.1) is 22.7 Å². The maximum absolute atomic E-state index is 12.4. The van der Waals surface area contributed by atoms with E-state index >= 15 is 0 Å². The fraction of sp³-hybridized carbons (Fsp3) is 0.105. The lowest BCUT2D eigenvalue weighted by Crippen LogP contribution is -2.29. The molecule has 0 saturated carbocycles. The molecule has 2 heterocycles. The average Bonchev–Trinajstić information content (AvgIpc) is 3.26. The van der Waals surface area contributed by atoms with E-state index in [-0.39, 0.29) is 35.1 Å². The molecule has 0 bridgehead atoms. The summed E-state index contributed by atoms with van der Waals surface area (Å²) in [4.78, 5) is 38.0. The van der Waals surface area contributed by atoms with Gasteiger partial charge in [0.2, 0.25) is 5.13 Å². The molecule has 3 amide bonds. The number of carbonyl (C=O) groups is 3. The van der Waals surface area contributed by atoms with E-state index in [1.807, 2.05) is 0 Å². The smallest absolute Gasteiger partial charge is 0.264 e. The molecule has 1 aromatic heterocycles. The molecule has 0 unspecified atom stereocenters. The van der Waals surface area contributed by atoms with Gasteiger partial charge in [0.25, 0.3) is 17.7 Å². The highest BCUT2D eigenvalue weighted by Crippen LogP contribution is 2.28. The number of imide groups is 1. The van der Waals surface area contributed by atoms with Crippen LogP contribution in [0.4, 0.5) is 5.13 Å². The minimum atomic E-state index is -0.468. The summed E-state index contributed by atoms with van der Waals surface area (Å²) in [6.45, 7) is -0.328. The van der Waals surface area contributed by atoms with Gasteiger partial charge in [-0.3, -0.25) is 24.6 Å². The number of aromatic nitrogens is 2. The van der Waals surface area contributed by atoms with Crippen LogP contribution < -0.4 is 10.1 Å². The summed E-state index contributed by atoms with van der Waals surface area (Å²) in [5, 5.41) is 11.7. The first-order valence-electron chi connectivity index (χ1n) is 8.57. The number of hydrogen-bond acceptors (Lipinski definition) is 7. The fourth-order valence-corrected chi connectivity index (χ4v) is 3.98. The second-order valence-corrected chi connectivity index (χ2v) is 8.06. The standard InChI is InChI=1S/C19H12Cl2N4O4S/c20-10-5-6-14(13(21)7-10)29-9-15(26)22-19-24-23-16(30-19)8-25-17(27)11-3-1-2-4-12(11)18(25)28/h1-7H,8-9H2,(H,22,24,26). The number of ether oxygens (including phenoxy) is 1. The van der Waals surface area contributed by atoms with Gasteiger partial charge in [-0.2, -0.15) is 0 Å². The van der Waals surface area contributed by atoms with Crippen molar-refractivity contribution in [1.82, 2.24) is 15.1 Å². The average molecular weight is 463 g/mol. The molecule has 0 atom stereocenters. The predicted octanol–water partition coefficient (Wildman–Crippen LogP) is 3.66. The summed E-state index contributed by atoms with van der Waals surface area (Å²) >= 11 is 12.9. The minimum Gasteiger partial charge on any atom is -0.482 e. The SMILES string of the molecule is O=C(COc1ccc(Cl)cc1Cl)Nc1nnc(CN2C(=O)c3ccccc3C2=O)s1. The molecule has 152 valence electrons. The number of fused-ring (bicyclic) bond motifs is 1. The van der Waals surface area contributed by atoms with E-state index in [9.17, 15) is 14.4 Å². The normalized spacial score (nSPS) is 12.8. The lowest BCUT2D eigenvalue weighted by molar-refractivity contribution is -0.118. The maximum Gasteiger partial charge on any atom is 0.264 e. The summed E-state index contributed by atoms with van der Waals surface area (Å²) in [6, 6.07) is 11.3. The highest BCUT2D eigenvalue weighted by molar-refractivity contribution is 7.15. The number of halogens is 2. The van der Waals surface area contributed by atoms with Crippen molar-refractivity contribution < 1.29 is 19.1 Å². The quantitative estimate of drug-likeness (QED) is 0.560. The van der Waals surface area contributed by atoms with Crippen molar-refractivity contribution in [2.24, 2.45) is 0 Å². The van der Waals surface area contributed by atoms with Crippen molar-refractivity contribution in [2.75, 3.05) is 11.9 Å². The van der Waals surface area contributed by atoms with Gasteiger partial charge in [-0.25, -0.2) is 0 Å². The zero-order valence-electron chi connectivity index (χ0n) is 15.1. The number of hydrogen-bond donors (Lipinski definition) is 1. The van der Waals surface area contributed by atoms with Crippen LogP contribution in [0.2, 0.25) is 10.0 Å². The minimum absolute atomic E-state index is 0.0310. The molecule has 4 rings (SSSR count). The first-order chi connectivity index (χ1) is 14.4. The van der Waals surface area contributed by atoms with Crippen molar-refractivity contribution in [3.63, 3.8) is 0 Å². The second-order valence-electron chi connectivity index (χ2n) is 6.15. The van der Waals surface area contributed by atoms with Gasteiger partial charge < -0.3 is 4.74 Å². The molecule has 11 heteroatoms. The van der Waals surface area contributed by atoms with Crippen LogP contribution >= 0.6 is 34.5 Å². The number of amides is 3. The molecule has 0 saturated heterocycles. The van der Waals surface area contributed by atoms with Crippen LogP contribution in [0.15, 0.2) is 42.5 Å². The molecule has 30 heavy (non-hydrogen) atoms. The topological polar surface area (TPSA) is 101 Å². The lowest BCUT2D eigenvalue weighted by atomic mass is 10.1. The lowest BCUT2D eigenvalue weighted by Gasteiger charge is -2.10. The summed E-state index contributed by atoms with van der Waals surface area (Å²) in [5.41, 5.74) is 0.720. The monoisotopic (exact) mass is 462 g/mol. The molecule has 3 aromatic rings. The summed E-state index contributed by atoms with van der Waals surface area (Å²) in [5.74, 6) is -0.918. The van der Waals surface area contributed by atoms with Crippen LogP contribution in [-0.2, 0) is 11.3 Å². The molecular weight excluding hydrogens is 451 g/mol. The van der Waals surface area contributed by atoms with Crippen LogP contribution in [0, 0.1) is 0 Å². The van der Waals surface area contributed by atoms with Gasteiger partial charge in [-0.05, 0) is 30.3 Å². The first kappa shape index (κ1) is 20.3. The van der Waals surface area contributed by atoms with Crippen molar-refractivity contribution in [3.05, 3.63) is 68.6 Å². The Balaban J connectivity index is 1.35. The fourth-order valence-electron chi connectivity index (χ4n) is 2.78. The van der Waals surface area contributed by atoms with Crippen molar-refractivity contribution in [2.45, 2.75) is 6.54 Å². The van der Waals surface area contributed by atoms with Gasteiger partial charge in [-0.15, -0.1) is 10.2 Å². The van der Waals surface area contributed by atoms with Crippen molar-refractivity contribution >= 4 is 57.4 Å². The van der Waals surface area contributed by atoms with Gasteiger partial charge in [-0.1, -0.05) is 46.7 Å². The Morgan fingerprint density at radius 3 is 2.43 bits per heavy atom. The number of nitrogens with zero attached hydrogens (tertiary/aromatic N) is 3. The number of carbonyl (C=O) groups excluding carboxylic acids is 3. The third-order valence-corrected chi connectivity index (χ3v) is 5.49. The molecule has 8 nitrogen and oxygen atoms in total. The van der Waals surface area contributed by atoms with E-state index in [4.69, 9.17) is 27.9 Å². The van der Waals surface area contributed by atoms with Crippen LogP contribution in [-0.4, -0.2) is 39.4 Å². The highest BCUT2D eigenvalue weighted by Gasteiger charge is 2.35. The second kappa shape index (κ2) is 8.39. The summed E-state index contributed by atoms with van der Waals surface area (Å²) in [7, 11) is 0.